The monoisotopic (exact) mass is 204 g/mol. The Hall–Kier alpha value is -0.780. The van der Waals surface area contributed by atoms with Gasteiger partial charge >= 0.3 is 0 Å². The van der Waals surface area contributed by atoms with Crippen molar-refractivity contribution in [2.75, 3.05) is 0 Å². The van der Waals surface area contributed by atoms with Gasteiger partial charge in [-0.1, -0.05) is 43.9 Å². The van der Waals surface area contributed by atoms with Gasteiger partial charge in [0.15, 0.2) is 0 Å². The molecule has 0 aliphatic rings. The van der Waals surface area contributed by atoms with Crippen LogP contribution in [0.3, 0.4) is 0 Å². The fourth-order valence-corrected chi connectivity index (χ4v) is 2.33. The maximum atomic E-state index is 2.31. The summed E-state index contributed by atoms with van der Waals surface area (Å²) in [5, 5.41) is 0. The predicted octanol–water partition coefficient (Wildman–Crippen LogP) is 4.73. The minimum absolute atomic E-state index is 1.26. The van der Waals surface area contributed by atoms with E-state index in [1.165, 1.54) is 48.8 Å². The molecule has 15 heavy (non-hydrogen) atoms. The summed E-state index contributed by atoms with van der Waals surface area (Å²) in [7, 11) is 0. The molecule has 0 saturated carbocycles. The van der Waals surface area contributed by atoms with Gasteiger partial charge in [0.05, 0.1) is 0 Å². The standard InChI is InChI=1S/C15H24/c1-5-6-7-8-9-15-13(3)10-12(2)11-14(15)4/h10-11H,5-9H2,1-4H3. The van der Waals surface area contributed by atoms with Crippen LogP contribution in [0.15, 0.2) is 12.1 Å². The van der Waals surface area contributed by atoms with E-state index in [9.17, 15) is 0 Å². The Morgan fingerprint density at radius 1 is 0.867 bits per heavy atom. The van der Waals surface area contributed by atoms with Crippen LogP contribution in [0.4, 0.5) is 0 Å². The molecule has 0 fully saturated rings. The third-order valence-electron chi connectivity index (χ3n) is 3.12. The third kappa shape index (κ3) is 3.70. The van der Waals surface area contributed by atoms with Crippen molar-refractivity contribution in [2.45, 2.75) is 59.8 Å². The van der Waals surface area contributed by atoms with E-state index in [1.807, 2.05) is 0 Å². The van der Waals surface area contributed by atoms with Gasteiger partial charge < -0.3 is 0 Å². The predicted molar refractivity (Wildman–Crippen MR) is 68.5 cm³/mol. The summed E-state index contributed by atoms with van der Waals surface area (Å²) in [4.78, 5) is 0. The highest BCUT2D eigenvalue weighted by Gasteiger charge is 2.03. The second-order valence-electron chi connectivity index (χ2n) is 4.69. The normalized spacial score (nSPS) is 10.7. The van der Waals surface area contributed by atoms with Crippen LogP contribution in [0.1, 0.15) is 54.9 Å². The third-order valence-corrected chi connectivity index (χ3v) is 3.12. The highest BCUT2D eigenvalue weighted by Crippen LogP contribution is 2.19. The molecule has 0 spiro atoms. The zero-order valence-corrected chi connectivity index (χ0v) is 10.7. The molecule has 0 N–H and O–H groups in total. The smallest absolute Gasteiger partial charge is 0.0274 e. The maximum Gasteiger partial charge on any atom is -0.0274 e. The van der Waals surface area contributed by atoms with E-state index in [1.54, 1.807) is 5.56 Å². The Labute approximate surface area is 94.7 Å². The highest BCUT2D eigenvalue weighted by molar-refractivity contribution is 5.37. The van der Waals surface area contributed by atoms with Crippen LogP contribution in [0.25, 0.3) is 0 Å². The molecular weight excluding hydrogens is 180 g/mol. The Morgan fingerprint density at radius 2 is 1.47 bits per heavy atom. The van der Waals surface area contributed by atoms with Crippen LogP contribution in [0.2, 0.25) is 0 Å². The minimum Gasteiger partial charge on any atom is -0.0654 e. The second kappa shape index (κ2) is 5.95. The van der Waals surface area contributed by atoms with Crippen LogP contribution >= 0.6 is 0 Å². The molecule has 0 aliphatic carbocycles. The van der Waals surface area contributed by atoms with Crippen molar-refractivity contribution in [1.29, 1.82) is 0 Å². The molecule has 0 saturated heterocycles. The second-order valence-corrected chi connectivity index (χ2v) is 4.69. The van der Waals surface area contributed by atoms with E-state index in [2.05, 4.69) is 39.8 Å². The van der Waals surface area contributed by atoms with Crippen LogP contribution in [-0.2, 0) is 6.42 Å². The first-order valence-electron chi connectivity index (χ1n) is 6.22. The lowest BCUT2D eigenvalue weighted by Crippen LogP contribution is -1.95. The minimum atomic E-state index is 1.26. The molecule has 0 aromatic heterocycles. The van der Waals surface area contributed by atoms with Gasteiger partial charge in [0.25, 0.3) is 0 Å². The van der Waals surface area contributed by atoms with E-state index in [-0.39, 0.29) is 0 Å². The fraction of sp³-hybridized carbons (Fsp3) is 0.600. The first-order valence-corrected chi connectivity index (χ1v) is 6.22. The lowest BCUT2D eigenvalue weighted by atomic mass is 9.95. The van der Waals surface area contributed by atoms with Crippen molar-refractivity contribution >= 4 is 0 Å². The average molecular weight is 204 g/mol. The van der Waals surface area contributed by atoms with Crippen molar-refractivity contribution in [2.24, 2.45) is 0 Å². The summed E-state index contributed by atoms with van der Waals surface area (Å²) < 4.78 is 0. The van der Waals surface area contributed by atoms with Gasteiger partial charge in [0.2, 0.25) is 0 Å². The molecule has 0 radical (unpaired) electrons. The van der Waals surface area contributed by atoms with Crippen molar-refractivity contribution in [3.63, 3.8) is 0 Å². The van der Waals surface area contributed by atoms with Crippen molar-refractivity contribution in [3.05, 3.63) is 34.4 Å². The van der Waals surface area contributed by atoms with Crippen LogP contribution in [-0.4, -0.2) is 0 Å². The first kappa shape index (κ1) is 12.3. The molecule has 0 amide bonds. The molecule has 1 aromatic carbocycles. The fourth-order valence-electron chi connectivity index (χ4n) is 2.33. The lowest BCUT2D eigenvalue weighted by Gasteiger charge is -2.11. The Kier molecular flexibility index (Phi) is 4.87. The van der Waals surface area contributed by atoms with E-state index in [0.29, 0.717) is 0 Å². The average Bonchev–Trinajstić information content (AvgIpc) is 2.15. The number of hydrogen-bond donors (Lipinski definition) is 0. The molecule has 0 heterocycles. The summed E-state index contributed by atoms with van der Waals surface area (Å²) in [6, 6.07) is 4.62. The molecule has 0 aliphatic heterocycles. The number of benzene rings is 1. The highest BCUT2D eigenvalue weighted by atomic mass is 14.1. The van der Waals surface area contributed by atoms with Crippen molar-refractivity contribution in [3.8, 4) is 0 Å². The summed E-state index contributed by atoms with van der Waals surface area (Å²) in [5.74, 6) is 0. The molecule has 0 atom stereocenters. The molecular formula is C15H24. The van der Waals surface area contributed by atoms with Gasteiger partial charge in [-0.15, -0.1) is 0 Å². The van der Waals surface area contributed by atoms with Crippen LogP contribution < -0.4 is 0 Å². The van der Waals surface area contributed by atoms with Crippen LogP contribution in [0, 0.1) is 20.8 Å². The topological polar surface area (TPSA) is 0 Å². The van der Waals surface area contributed by atoms with Crippen molar-refractivity contribution < 1.29 is 0 Å². The van der Waals surface area contributed by atoms with E-state index in [0.717, 1.165) is 0 Å². The molecule has 0 unspecified atom stereocenters. The van der Waals surface area contributed by atoms with Gasteiger partial charge in [-0.05, 0) is 50.3 Å². The summed E-state index contributed by atoms with van der Waals surface area (Å²) in [6.07, 6.45) is 6.69. The number of hydrogen-bond acceptors (Lipinski definition) is 0. The zero-order chi connectivity index (χ0) is 11.3. The van der Waals surface area contributed by atoms with E-state index in [4.69, 9.17) is 0 Å². The largest absolute Gasteiger partial charge is 0.0654 e. The van der Waals surface area contributed by atoms with Crippen molar-refractivity contribution in [1.82, 2.24) is 0 Å². The Morgan fingerprint density at radius 3 is 2.00 bits per heavy atom. The first-order chi connectivity index (χ1) is 7.15. The van der Waals surface area contributed by atoms with Gasteiger partial charge in [0, 0.05) is 0 Å². The molecule has 1 rings (SSSR count). The zero-order valence-electron chi connectivity index (χ0n) is 10.7. The number of rotatable bonds is 5. The SMILES string of the molecule is CCCCCCc1c(C)cc(C)cc1C. The van der Waals surface area contributed by atoms with Gasteiger partial charge in [-0.2, -0.15) is 0 Å². The van der Waals surface area contributed by atoms with E-state index >= 15 is 0 Å². The molecule has 1 aromatic rings. The van der Waals surface area contributed by atoms with E-state index < -0.39 is 0 Å². The number of aryl methyl sites for hydroxylation is 3. The lowest BCUT2D eigenvalue weighted by molar-refractivity contribution is 0.664. The molecule has 0 nitrogen and oxygen atoms in total. The molecule has 0 bridgehead atoms. The summed E-state index contributed by atoms with van der Waals surface area (Å²) in [6.45, 7) is 8.94. The summed E-state index contributed by atoms with van der Waals surface area (Å²) in [5.41, 5.74) is 5.92. The van der Waals surface area contributed by atoms with Gasteiger partial charge in [-0.3, -0.25) is 0 Å². The quantitative estimate of drug-likeness (QED) is 0.608. The summed E-state index contributed by atoms with van der Waals surface area (Å²) >= 11 is 0. The molecule has 0 heteroatoms. The maximum absolute atomic E-state index is 2.31. The molecule has 84 valence electrons. The Bertz CT molecular complexity index is 287. The Balaban J connectivity index is 2.60. The van der Waals surface area contributed by atoms with Crippen LogP contribution in [0.5, 0.6) is 0 Å². The number of unbranched alkanes of at least 4 members (excludes halogenated alkanes) is 3. The van der Waals surface area contributed by atoms with Gasteiger partial charge in [0.1, 0.15) is 0 Å². The van der Waals surface area contributed by atoms with Gasteiger partial charge in [-0.25, -0.2) is 0 Å².